The Labute approximate surface area is 172 Å². The average Bonchev–Trinajstić information content (AvgIpc) is 2.66. The molecule has 0 saturated carbocycles. The van der Waals surface area contributed by atoms with E-state index in [1.807, 2.05) is 6.07 Å². The number of nitrogens with two attached hydrogens (primary N) is 1. The van der Waals surface area contributed by atoms with Crippen molar-refractivity contribution in [2.75, 3.05) is 7.11 Å². The van der Waals surface area contributed by atoms with Crippen LogP contribution in [0, 0.1) is 28.4 Å². The van der Waals surface area contributed by atoms with Gasteiger partial charge in [0.25, 0.3) is 5.69 Å². The van der Waals surface area contributed by atoms with Crippen LogP contribution in [-0.4, -0.2) is 25.4 Å². The fourth-order valence-electron chi connectivity index (χ4n) is 2.28. The summed E-state index contributed by atoms with van der Waals surface area (Å²) in [7, 11) is -3.06. The molecule has 11 heteroatoms. The van der Waals surface area contributed by atoms with E-state index in [1.54, 1.807) is 0 Å². The van der Waals surface area contributed by atoms with Gasteiger partial charge in [0.2, 0.25) is 0 Å². The molecule has 9 nitrogen and oxygen atoms in total. The lowest BCUT2D eigenvalue weighted by molar-refractivity contribution is -0.385. The number of nitro benzene ring substituents is 1. The van der Waals surface area contributed by atoms with Gasteiger partial charge in [-0.15, -0.1) is 0 Å². The topological polar surface area (TPSA) is 146 Å². The van der Waals surface area contributed by atoms with Crippen molar-refractivity contribution in [1.29, 1.82) is 5.26 Å². The summed E-state index contributed by atoms with van der Waals surface area (Å²) in [6.07, 6.45) is 1.41. The monoisotopic (exact) mass is 433 g/mol. The van der Waals surface area contributed by atoms with E-state index in [0.29, 0.717) is 11.1 Å². The molecule has 29 heavy (non-hydrogen) atoms. The number of nitro groups is 1. The Bertz CT molecular complexity index is 1170. The van der Waals surface area contributed by atoms with E-state index in [0.717, 1.165) is 6.07 Å². The zero-order valence-electron chi connectivity index (χ0n) is 15.3. The number of nitrogens with zero attached hydrogens (tertiary/aromatic N) is 2. The van der Waals surface area contributed by atoms with Crippen LogP contribution in [0.2, 0.25) is 0 Å². The highest BCUT2D eigenvalue weighted by molar-refractivity contribution is 7.87. The van der Waals surface area contributed by atoms with Gasteiger partial charge in [-0.2, -0.15) is 13.7 Å². The van der Waals surface area contributed by atoms with Crippen LogP contribution in [0.3, 0.4) is 0 Å². The fraction of sp³-hybridized carbons (Fsp3) is 0.111. The first-order valence-electron chi connectivity index (χ1n) is 7.88. The quantitative estimate of drug-likeness (QED) is 0.174. The fourth-order valence-corrected chi connectivity index (χ4v) is 3.34. The minimum atomic E-state index is -4.37. The van der Waals surface area contributed by atoms with Gasteiger partial charge in [-0.05, 0) is 36.8 Å². The van der Waals surface area contributed by atoms with E-state index in [2.05, 4.69) is 0 Å². The third kappa shape index (κ3) is 5.07. The maximum absolute atomic E-state index is 12.6. The van der Waals surface area contributed by atoms with Crippen molar-refractivity contribution >= 4 is 39.1 Å². The van der Waals surface area contributed by atoms with Crippen LogP contribution >= 0.6 is 12.2 Å². The first-order valence-corrected chi connectivity index (χ1v) is 9.70. The van der Waals surface area contributed by atoms with Gasteiger partial charge in [0.1, 0.15) is 16.0 Å². The Morgan fingerprint density at radius 2 is 1.97 bits per heavy atom. The number of thiocarbonyl (C=S) groups is 1. The Balaban J connectivity index is 2.43. The van der Waals surface area contributed by atoms with Crippen LogP contribution < -0.4 is 14.7 Å². The SMILES string of the molecule is COc1cc(C=C(C#N)C(N)=S)ccc1OS(=O)(=O)c1ccc(C)c([N+](=O)[O-])c1. The van der Waals surface area contributed by atoms with Crippen LogP contribution in [0.4, 0.5) is 5.69 Å². The minimum Gasteiger partial charge on any atom is -0.493 e. The maximum Gasteiger partial charge on any atom is 0.339 e. The Morgan fingerprint density at radius 3 is 2.52 bits per heavy atom. The summed E-state index contributed by atoms with van der Waals surface area (Å²) in [4.78, 5) is 9.92. The summed E-state index contributed by atoms with van der Waals surface area (Å²) in [5.74, 6) is -0.0779. The van der Waals surface area contributed by atoms with Crippen molar-refractivity contribution in [3.05, 3.63) is 63.2 Å². The molecule has 150 valence electrons. The Morgan fingerprint density at radius 1 is 1.28 bits per heavy atom. The number of ether oxygens (including phenoxy) is 1. The van der Waals surface area contributed by atoms with E-state index < -0.39 is 15.0 Å². The summed E-state index contributed by atoms with van der Waals surface area (Å²) in [5, 5.41) is 20.1. The van der Waals surface area contributed by atoms with Crippen molar-refractivity contribution in [3.8, 4) is 17.6 Å². The van der Waals surface area contributed by atoms with Crippen LogP contribution in [0.15, 0.2) is 46.9 Å². The molecule has 0 aliphatic rings. The first-order chi connectivity index (χ1) is 13.6. The van der Waals surface area contributed by atoms with Gasteiger partial charge in [-0.1, -0.05) is 24.4 Å². The molecule has 0 aliphatic heterocycles. The summed E-state index contributed by atoms with van der Waals surface area (Å²) in [6, 6.07) is 9.53. The third-order valence-electron chi connectivity index (χ3n) is 3.75. The van der Waals surface area contributed by atoms with E-state index >= 15 is 0 Å². The highest BCUT2D eigenvalue weighted by Gasteiger charge is 2.23. The molecule has 2 N–H and O–H groups in total. The second kappa shape index (κ2) is 8.68. The molecule has 0 unspecified atom stereocenters. The minimum absolute atomic E-state index is 0.0594. The van der Waals surface area contributed by atoms with Gasteiger partial charge < -0.3 is 14.7 Å². The summed E-state index contributed by atoms with van der Waals surface area (Å²) < 4.78 is 35.4. The molecule has 0 saturated heterocycles. The molecule has 2 aromatic rings. The molecule has 0 atom stereocenters. The standard InChI is InChI=1S/C18H15N3O6S2/c1-11-3-5-14(9-15(11)21(22)23)29(24,25)27-16-6-4-12(8-17(16)26-2)7-13(10-19)18(20)28/h3-9H,1-2H3,(H2,20,28). The Kier molecular flexibility index (Phi) is 6.53. The van der Waals surface area contributed by atoms with Crippen molar-refractivity contribution < 1.29 is 22.3 Å². The molecule has 0 amide bonds. The normalized spacial score (nSPS) is 11.4. The van der Waals surface area contributed by atoms with Gasteiger partial charge in [-0.25, -0.2) is 0 Å². The van der Waals surface area contributed by atoms with Gasteiger partial charge in [-0.3, -0.25) is 10.1 Å². The van der Waals surface area contributed by atoms with Crippen molar-refractivity contribution in [3.63, 3.8) is 0 Å². The highest BCUT2D eigenvalue weighted by Crippen LogP contribution is 2.32. The van der Waals surface area contributed by atoms with Crippen LogP contribution in [0.5, 0.6) is 11.5 Å². The number of rotatable bonds is 7. The largest absolute Gasteiger partial charge is 0.493 e. The first kappa shape index (κ1) is 21.8. The number of hydrogen-bond acceptors (Lipinski definition) is 8. The van der Waals surface area contributed by atoms with E-state index in [1.165, 1.54) is 50.4 Å². The zero-order valence-corrected chi connectivity index (χ0v) is 16.9. The zero-order chi connectivity index (χ0) is 21.8. The number of benzene rings is 2. The molecule has 0 aromatic heterocycles. The maximum atomic E-state index is 12.6. The lowest BCUT2D eigenvalue weighted by Crippen LogP contribution is -2.11. The van der Waals surface area contributed by atoms with Crippen molar-refractivity contribution in [2.24, 2.45) is 5.73 Å². The smallest absolute Gasteiger partial charge is 0.339 e. The van der Waals surface area contributed by atoms with Crippen LogP contribution in [-0.2, 0) is 10.1 Å². The predicted octanol–water partition coefficient (Wildman–Crippen LogP) is 2.87. The van der Waals surface area contributed by atoms with Crippen LogP contribution in [0.1, 0.15) is 11.1 Å². The molecule has 0 radical (unpaired) electrons. The van der Waals surface area contributed by atoms with Crippen molar-refractivity contribution in [1.82, 2.24) is 0 Å². The molecular formula is C18H15N3O6S2. The molecule has 2 rings (SSSR count). The molecule has 0 aliphatic carbocycles. The second-order valence-electron chi connectivity index (χ2n) is 5.69. The van der Waals surface area contributed by atoms with E-state index in [-0.39, 0.29) is 32.6 Å². The Hall–Kier alpha value is -3.49. The van der Waals surface area contributed by atoms with Gasteiger partial charge in [0.05, 0.1) is 17.6 Å². The lowest BCUT2D eigenvalue weighted by atomic mass is 10.1. The number of nitriles is 1. The molecular weight excluding hydrogens is 418 g/mol. The number of aryl methyl sites for hydroxylation is 1. The van der Waals surface area contributed by atoms with Gasteiger partial charge >= 0.3 is 10.1 Å². The average molecular weight is 433 g/mol. The van der Waals surface area contributed by atoms with Crippen LogP contribution in [0.25, 0.3) is 6.08 Å². The second-order valence-corrected chi connectivity index (χ2v) is 7.67. The van der Waals surface area contributed by atoms with Crippen molar-refractivity contribution in [2.45, 2.75) is 11.8 Å². The molecule has 0 fully saturated rings. The van der Waals surface area contributed by atoms with E-state index in [4.69, 9.17) is 32.1 Å². The number of methoxy groups -OCH3 is 1. The summed E-state index contributed by atoms with van der Waals surface area (Å²) >= 11 is 4.77. The number of hydrogen-bond donors (Lipinski definition) is 1. The van der Waals surface area contributed by atoms with E-state index in [9.17, 15) is 18.5 Å². The lowest BCUT2D eigenvalue weighted by Gasteiger charge is -2.12. The predicted molar refractivity (Wildman–Crippen MR) is 109 cm³/mol. The molecule has 0 heterocycles. The van der Waals surface area contributed by atoms with Gasteiger partial charge in [0.15, 0.2) is 11.5 Å². The third-order valence-corrected chi connectivity index (χ3v) is 5.20. The molecule has 0 bridgehead atoms. The highest BCUT2D eigenvalue weighted by atomic mass is 32.2. The molecule has 0 spiro atoms. The molecule has 2 aromatic carbocycles. The summed E-state index contributed by atoms with van der Waals surface area (Å²) in [6.45, 7) is 1.49. The summed E-state index contributed by atoms with van der Waals surface area (Å²) in [5.41, 5.74) is 5.95. The van der Waals surface area contributed by atoms with Gasteiger partial charge in [0, 0.05) is 11.6 Å².